The third kappa shape index (κ3) is 2.16. The maximum absolute atomic E-state index is 5.99. The van der Waals surface area contributed by atoms with Crippen LogP contribution in [0, 0.1) is 0 Å². The van der Waals surface area contributed by atoms with Crippen LogP contribution in [-0.2, 0) is 0 Å². The molecule has 0 fully saturated rings. The highest BCUT2D eigenvalue weighted by atomic mass is 35.5. The molecule has 0 atom stereocenters. The van der Waals surface area contributed by atoms with Crippen LogP contribution in [0.25, 0.3) is 11.1 Å². The summed E-state index contributed by atoms with van der Waals surface area (Å²) in [6.07, 6.45) is 0. The molecule has 3 heteroatoms. The summed E-state index contributed by atoms with van der Waals surface area (Å²) in [5.41, 5.74) is 2.00. The van der Waals surface area contributed by atoms with Gasteiger partial charge in [0.1, 0.15) is 5.75 Å². The summed E-state index contributed by atoms with van der Waals surface area (Å²) >= 11 is 11.9. The fraction of sp³-hybridized carbons (Fsp3) is 0.0769. The Bertz CT molecular complexity index is 509. The summed E-state index contributed by atoms with van der Waals surface area (Å²) in [5, 5.41) is 1.10. The van der Waals surface area contributed by atoms with Gasteiger partial charge in [-0.2, -0.15) is 0 Å². The number of para-hydroxylation sites is 1. The second kappa shape index (κ2) is 4.77. The van der Waals surface area contributed by atoms with Gasteiger partial charge in [0.05, 0.1) is 17.2 Å². The Morgan fingerprint density at radius 1 is 0.938 bits per heavy atom. The van der Waals surface area contributed by atoms with Crippen LogP contribution in [0.5, 0.6) is 5.75 Å². The predicted octanol–water partition coefficient (Wildman–Crippen LogP) is 4.67. The van der Waals surface area contributed by atoms with Crippen molar-refractivity contribution in [1.29, 1.82) is 0 Å². The minimum absolute atomic E-state index is 0.546. The first-order valence-corrected chi connectivity index (χ1v) is 5.56. The average Bonchev–Trinajstić information content (AvgIpc) is 2.32. The van der Waals surface area contributed by atoms with Gasteiger partial charge in [-0.1, -0.05) is 47.5 Å². The van der Waals surface area contributed by atoms with Gasteiger partial charge in [0, 0.05) is 5.56 Å². The van der Waals surface area contributed by atoms with E-state index in [9.17, 15) is 0 Å². The van der Waals surface area contributed by atoms with Crippen molar-refractivity contribution in [2.75, 3.05) is 7.11 Å². The van der Waals surface area contributed by atoms with Crippen molar-refractivity contribution < 1.29 is 4.74 Å². The van der Waals surface area contributed by atoms with Gasteiger partial charge in [-0.05, 0) is 23.8 Å². The molecule has 0 saturated heterocycles. The van der Waals surface area contributed by atoms with E-state index in [0.717, 1.165) is 16.9 Å². The molecule has 0 aliphatic rings. The molecule has 0 spiro atoms. The van der Waals surface area contributed by atoms with Crippen molar-refractivity contribution in [2.45, 2.75) is 0 Å². The normalized spacial score (nSPS) is 10.2. The van der Waals surface area contributed by atoms with Crippen LogP contribution in [0.3, 0.4) is 0 Å². The third-order valence-corrected chi connectivity index (χ3v) is 3.08. The minimum Gasteiger partial charge on any atom is -0.496 e. The molecule has 0 amide bonds. The van der Waals surface area contributed by atoms with Gasteiger partial charge in [-0.3, -0.25) is 0 Å². The van der Waals surface area contributed by atoms with E-state index in [4.69, 9.17) is 27.9 Å². The molecule has 16 heavy (non-hydrogen) atoms. The molecule has 0 N–H and O–H groups in total. The summed E-state index contributed by atoms with van der Waals surface area (Å²) in [7, 11) is 1.65. The van der Waals surface area contributed by atoms with Gasteiger partial charge in [0.15, 0.2) is 0 Å². The SMILES string of the molecule is COc1ccccc1-c1ccc(Cl)c(Cl)c1. The van der Waals surface area contributed by atoms with Crippen molar-refractivity contribution in [1.82, 2.24) is 0 Å². The Hall–Kier alpha value is -1.18. The van der Waals surface area contributed by atoms with E-state index in [1.54, 1.807) is 13.2 Å². The molecule has 0 heterocycles. The van der Waals surface area contributed by atoms with Gasteiger partial charge in [-0.15, -0.1) is 0 Å². The van der Waals surface area contributed by atoms with Crippen LogP contribution in [-0.4, -0.2) is 7.11 Å². The van der Waals surface area contributed by atoms with Crippen LogP contribution in [0.1, 0.15) is 0 Å². The van der Waals surface area contributed by atoms with Gasteiger partial charge in [-0.25, -0.2) is 0 Å². The monoisotopic (exact) mass is 252 g/mol. The average molecular weight is 253 g/mol. The zero-order valence-electron chi connectivity index (χ0n) is 8.71. The molecule has 0 aromatic heterocycles. The van der Waals surface area contributed by atoms with Gasteiger partial charge in [0.25, 0.3) is 0 Å². The number of hydrogen-bond acceptors (Lipinski definition) is 1. The highest BCUT2D eigenvalue weighted by Gasteiger charge is 2.06. The Labute approximate surface area is 105 Å². The van der Waals surface area contributed by atoms with Crippen LogP contribution in [0.4, 0.5) is 0 Å². The molecule has 0 aliphatic carbocycles. The topological polar surface area (TPSA) is 9.23 Å². The van der Waals surface area contributed by atoms with Gasteiger partial charge in [0.2, 0.25) is 0 Å². The first-order chi connectivity index (χ1) is 7.72. The number of ether oxygens (including phenoxy) is 1. The molecule has 0 bridgehead atoms. The van der Waals surface area contributed by atoms with E-state index < -0.39 is 0 Å². The zero-order valence-corrected chi connectivity index (χ0v) is 10.2. The number of halogens is 2. The van der Waals surface area contributed by atoms with E-state index >= 15 is 0 Å². The predicted molar refractivity (Wildman–Crippen MR) is 68.5 cm³/mol. The number of hydrogen-bond donors (Lipinski definition) is 0. The largest absolute Gasteiger partial charge is 0.496 e. The Kier molecular flexibility index (Phi) is 3.37. The van der Waals surface area contributed by atoms with Crippen LogP contribution in [0.15, 0.2) is 42.5 Å². The minimum atomic E-state index is 0.546. The number of methoxy groups -OCH3 is 1. The Balaban J connectivity index is 2.54. The first-order valence-electron chi connectivity index (χ1n) is 4.81. The fourth-order valence-corrected chi connectivity index (χ4v) is 1.84. The van der Waals surface area contributed by atoms with E-state index in [-0.39, 0.29) is 0 Å². The molecule has 0 radical (unpaired) electrons. The molecule has 2 rings (SSSR count). The van der Waals surface area contributed by atoms with E-state index in [2.05, 4.69) is 0 Å². The van der Waals surface area contributed by atoms with Crippen LogP contribution < -0.4 is 4.74 Å². The number of rotatable bonds is 2. The molecule has 0 saturated carbocycles. The quantitative estimate of drug-likeness (QED) is 0.755. The first kappa shape index (κ1) is 11.3. The molecule has 1 nitrogen and oxygen atoms in total. The van der Waals surface area contributed by atoms with Crippen molar-refractivity contribution in [2.24, 2.45) is 0 Å². The molecular formula is C13H10Cl2O. The van der Waals surface area contributed by atoms with E-state index in [1.165, 1.54) is 0 Å². The van der Waals surface area contributed by atoms with Crippen molar-refractivity contribution in [3.05, 3.63) is 52.5 Å². The molecule has 2 aromatic rings. The fourth-order valence-electron chi connectivity index (χ4n) is 1.55. The second-order valence-corrected chi connectivity index (χ2v) is 4.14. The van der Waals surface area contributed by atoms with Crippen molar-refractivity contribution in [3.8, 4) is 16.9 Å². The van der Waals surface area contributed by atoms with Crippen molar-refractivity contribution >= 4 is 23.2 Å². The van der Waals surface area contributed by atoms with E-state index in [1.807, 2.05) is 36.4 Å². The summed E-state index contributed by atoms with van der Waals surface area (Å²) < 4.78 is 5.29. The smallest absolute Gasteiger partial charge is 0.126 e. The third-order valence-electron chi connectivity index (χ3n) is 2.34. The van der Waals surface area contributed by atoms with Gasteiger partial charge >= 0.3 is 0 Å². The van der Waals surface area contributed by atoms with Crippen LogP contribution in [0.2, 0.25) is 10.0 Å². The maximum atomic E-state index is 5.99. The summed E-state index contributed by atoms with van der Waals surface area (Å²) in [4.78, 5) is 0. The Morgan fingerprint density at radius 3 is 2.38 bits per heavy atom. The molecule has 2 aromatic carbocycles. The lowest BCUT2D eigenvalue weighted by atomic mass is 10.0. The van der Waals surface area contributed by atoms with E-state index in [0.29, 0.717) is 10.0 Å². The highest BCUT2D eigenvalue weighted by molar-refractivity contribution is 6.42. The number of benzene rings is 2. The lowest BCUT2D eigenvalue weighted by molar-refractivity contribution is 0.416. The standard InChI is InChI=1S/C13H10Cl2O/c1-16-13-5-3-2-4-10(13)9-6-7-11(14)12(15)8-9/h2-8H,1H3. The zero-order chi connectivity index (χ0) is 11.5. The molecule has 0 unspecified atom stereocenters. The van der Waals surface area contributed by atoms with Crippen molar-refractivity contribution in [3.63, 3.8) is 0 Å². The van der Waals surface area contributed by atoms with Gasteiger partial charge < -0.3 is 4.74 Å². The second-order valence-electron chi connectivity index (χ2n) is 3.33. The Morgan fingerprint density at radius 2 is 1.69 bits per heavy atom. The summed E-state index contributed by atoms with van der Waals surface area (Å²) in [6, 6.07) is 13.3. The molecule has 0 aliphatic heterocycles. The maximum Gasteiger partial charge on any atom is 0.126 e. The highest BCUT2D eigenvalue weighted by Crippen LogP contribution is 2.33. The lowest BCUT2D eigenvalue weighted by Crippen LogP contribution is -1.87. The molecular weight excluding hydrogens is 243 g/mol. The lowest BCUT2D eigenvalue weighted by Gasteiger charge is -2.08. The summed E-state index contributed by atoms with van der Waals surface area (Å²) in [5.74, 6) is 0.820. The molecule has 82 valence electrons. The summed E-state index contributed by atoms with van der Waals surface area (Å²) in [6.45, 7) is 0. The van der Waals surface area contributed by atoms with Crippen LogP contribution >= 0.6 is 23.2 Å².